The number of rotatable bonds is 9. The summed E-state index contributed by atoms with van der Waals surface area (Å²) in [4.78, 5) is 34.3. The number of nitrogens with one attached hydrogen (secondary N) is 1. The monoisotopic (exact) mass is 321 g/mol. The van der Waals surface area contributed by atoms with Crippen LogP contribution in [0.4, 0.5) is 0 Å². The molecular weight excluding hydrogens is 298 g/mol. The lowest BCUT2D eigenvalue weighted by Crippen LogP contribution is -2.40. The molecule has 0 aliphatic heterocycles. The number of carbonyl (C=O) groups excluding carboxylic acids is 2. The minimum atomic E-state index is -1.01. The third-order valence-corrected chi connectivity index (χ3v) is 3.50. The van der Waals surface area contributed by atoms with Crippen LogP contribution in [0, 0.1) is 0 Å². The summed E-state index contributed by atoms with van der Waals surface area (Å²) in [6.07, 6.45) is 2.75. The molecule has 0 spiro atoms. The SMILES string of the molecule is CCCCC(NC(=O)CCc1ccc(C(=O)OC)cc1)C(=O)O. The van der Waals surface area contributed by atoms with Gasteiger partial charge in [-0.2, -0.15) is 0 Å². The number of aryl methyl sites for hydroxylation is 1. The van der Waals surface area contributed by atoms with Crippen LogP contribution in [0.3, 0.4) is 0 Å². The molecule has 6 heteroatoms. The first-order valence-corrected chi connectivity index (χ1v) is 7.67. The number of hydrogen-bond donors (Lipinski definition) is 2. The van der Waals surface area contributed by atoms with Crippen LogP contribution in [0.25, 0.3) is 0 Å². The molecule has 0 bridgehead atoms. The van der Waals surface area contributed by atoms with Gasteiger partial charge in [-0.05, 0) is 30.5 Å². The van der Waals surface area contributed by atoms with Crippen molar-refractivity contribution in [3.63, 3.8) is 0 Å². The van der Waals surface area contributed by atoms with Gasteiger partial charge in [0.15, 0.2) is 0 Å². The quantitative estimate of drug-likeness (QED) is 0.680. The Hall–Kier alpha value is -2.37. The van der Waals surface area contributed by atoms with E-state index < -0.39 is 18.0 Å². The number of aliphatic carboxylic acids is 1. The third kappa shape index (κ3) is 6.50. The van der Waals surface area contributed by atoms with E-state index in [0.717, 1.165) is 18.4 Å². The predicted octanol–water partition coefficient (Wildman–Crippen LogP) is 2.17. The molecule has 0 aliphatic rings. The van der Waals surface area contributed by atoms with Crippen molar-refractivity contribution < 1.29 is 24.2 Å². The fraction of sp³-hybridized carbons (Fsp3) is 0.471. The second-order valence-electron chi connectivity index (χ2n) is 5.29. The van der Waals surface area contributed by atoms with Crippen molar-refractivity contribution >= 4 is 17.8 Å². The lowest BCUT2D eigenvalue weighted by atomic mass is 10.1. The van der Waals surface area contributed by atoms with Crippen LogP contribution in [0.1, 0.15) is 48.5 Å². The fourth-order valence-electron chi connectivity index (χ4n) is 2.12. The van der Waals surface area contributed by atoms with Crippen molar-refractivity contribution in [2.75, 3.05) is 7.11 Å². The van der Waals surface area contributed by atoms with Crippen molar-refractivity contribution in [3.8, 4) is 0 Å². The van der Waals surface area contributed by atoms with E-state index in [1.54, 1.807) is 24.3 Å². The number of carboxylic acid groups (broad SMARTS) is 1. The zero-order valence-corrected chi connectivity index (χ0v) is 13.5. The number of benzene rings is 1. The molecule has 1 aromatic carbocycles. The summed E-state index contributed by atoms with van der Waals surface area (Å²) in [6, 6.07) is 5.96. The maximum Gasteiger partial charge on any atom is 0.337 e. The Bertz CT molecular complexity index is 538. The number of hydrogen-bond acceptors (Lipinski definition) is 4. The van der Waals surface area contributed by atoms with Crippen LogP contribution < -0.4 is 5.32 Å². The number of ether oxygens (including phenoxy) is 1. The Balaban J connectivity index is 2.48. The Morgan fingerprint density at radius 1 is 1.22 bits per heavy atom. The summed E-state index contributed by atoms with van der Waals surface area (Å²) in [6.45, 7) is 1.97. The van der Waals surface area contributed by atoms with Gasteiger partial charge in [-0.1, -0.05) is 31.9 Å². The standard InChI is InChI=1S/C17H23NO5/c1-3-4-5-14(16(20)21)18-15(19)11-8-12-6-9-13(10-7-12)17(22)23-2/h6-7,9-10,14H,3-5,8,11H2,1-2H3,(H,18,19)(H,20,21). The molecule has 0 heterocycles. The number of methoxy groups -OCH3 is 1. The molecule has 1 atom stereocenters. The van der Waals surface area contributed by atoms with Gasteiger partial charge < -0.3 is 15.2 Å². The Kier molecular flexibility index (Phi) is 7.80. The average molecular weight is 321 g/mol. The van der Waals surface area contributed by atoms with E-state index in [0.29, 0.717) is 18.4 Å². The van der Waals surface area contributed by atoms with Gasteiger partial charge >= 0.3 is 11.9 Å². The van der Waals surface area contributed by atoms with Crippen LogP contribution in [0.15, 0.2) is 24.3 Å². The second-order valence-corrected chi connectivity index (χ2v) is 5.29. The van der Waals surface area contributed by atoms with E-state index in [2.05, 4.69) is 10.1 Å². The smallest absolute Gasteiger partial charge is 0.337 e. The highest BCUT2D eigenvalue weighted by molar-refractivity contribution is 5.89. The van der Waals surface area contributed by atoms with Crippen LogP contribution in [0.2, 0.25) is 0 Å². The molecule has 0 saturated heterocycles. The highest BCUT2D eigenvalue weighted by Gasteiger charge is 2.18. The molecule has 0 aliphatic carbocycles. The molecule has 0 radical (unpaired) electrons. The summed E-state index contributed by atoms with van der Waals surface area (Å²) in [5, 5.41) is 11.6. The van der Waals surface area contributed by atoms with Crippen molar-refractivity contribution in [2.24, 2.45) is 0 Å². The molecule has 1 aromatic rings. The summed E-state index contributed by atoms with van der Waals surface area (Å²) < 4.78 is 4.61. The van der Waals surface area contributed by atoms with Crippen molar-refractivity contribution in [2.45, 2.75) is 45.1 Å². The normalized spacial score (nSPS) is 11.6. The lowest BCUT2D eigenvalue weighted by Gasteiger charge is -2.14. The van der Waals surface area contributed by atoms with Crippen LogP contribution >= 0.6 is 0 Å². The van der Waals surface area contributed by atoms with E-state index in [1.807, 2.05) is 6.92 Å². The molecule has 2 N–H and O–H groups in total. The first-order chi connectivity index (χ1) is 11.0. The number of unbranched alkanes of at least 4 members (excludes halogenated alkanes) is 1. The first-order valence-electron chi connectivity index (χ1n) is 7.67. The minimum Gasteiger partial charge on any atom is -0.480 e. The number of esters is 1. The molecule has 0 aromatic heterocycles. The van der Waals surface area contributed by atoms with Gasteiger partial charge in [0.1, 0.15) is 6.04 Å². The molecule has 126 valence electrons. The molecule has 6 nitrogen and oxygen atoms in total. The van der Waals surface area contributed by atoms with E-state index in [1.165, 1.54) is 7.11 Å². The Labute approximate surface area is 135 Å². The van der Waals surface area contributed by atoms with Crippen LogP contribution in [-0.2, 0) is 20.7 Å². The maximum absolute atomic E-state index is 11.9. The van der Waals surface area contributed by atoms with E-state index in [9.17, 15) is 14.4 Å². The van der Waals surface area contributed by atoms with Gasteiger partial charge in [-0.25, -0.2) is 9.59 Å². The van der Waals surface area contributed by atoms with E-state index >= 15 is 0 Å². The number of carbonyl (C=O) groups is 3. The van der Waals surface area contributed by atoms with Gasteiger partial charge in [0.05, 0.1) is 12.7 Å². The second kappa shape index (κ2) is 9.61. The Morgan fingerprint density at radius 3 is 2.39 bits per heavy atom. The molecular formula is C17H23NO5. The maximum atomic E-state index is 11.9. The molecule has 23 heavy (non-hydrogen) atoms. The summed E-state index contributed by atoms with van der Waals surface area (Å²) in [5.74, 6) is -1.70. The lowest BCUT2D eigenvalue weighted by molar-refractivity contribution is -0.142. The third-order valence-electron chi connectivity index (χ3n) is 3.50. The van der Waals surface area contributed by atoms with Crippen molar-refractivity contribution in [1.29, 1.82) is 0 Å². The highest BCUT2D eigenvalue weighted by Crippen LogP contribution is 2.08. The molecule has 0 saturated carbocycles. The number of amides is 1. The summed E-state index contributed by atoms with van der Waals surface area (Å²) in [7, 11) is 1.32. The summed E-state index contributed by atoms with van der Waals surface area (Å²) >= 11 is 0. The predicted molar refractivity (Wildman–Crippen MR) is 85.2 cm³/mol. The number of carboxylic acids is 1. The molecule has 1 amide bonds. The van der Waals surface area contributed by atoms with Crippen molar-refractivity contribution in [1.82, 2.24) is 5.32 Å². The van der Waals surface area contributed by atoms with E-state index in [4.69, 9.17) is 5.11 Å². The van der Waals surface area contributed by atoms with Gasteiger partial charge in [0.2, 0.25) is 5.91 Å². The van der Waals surface area contributed by atoms with E-state index in [-0.39, 0.29) is 12.3 Å². The molecule has 0 fully saturated rings. The summed E-state index contributed by atoms with van der Waals surface area (Å²) in [5.41, 5.74) is 1.35. The van der Waals surface area contributed by atoms with Gasteiger partial charge in [0.25, 0.3) is 0 Å². The highest BCUT2D eigenvalue weighted by atomic mass is 16.5. The van der Waals surface area contributed by atoms with Crippen LogP contribution in [0.5, 0.6) is 0 Å². The minimum absolute atomic E-state index is 0.202. The fourth-order valence-corrected chi connectivity index (χ4v) is 2.12. The largest absolute Gasteiger partial charge is 0.480 e. The van der Waals surface area contributed by atoms with Gasteiger partial charge in [0, 0.05) is 6.42 Å². The molecule has 1 unspecified atom stereocenters. The average Bonchev–Trinajstić information content (AvgIpc) is 2.56. The first kappa shape index (κ1) is 18.7. The zero-order chi connectivity index (χ0) is 17.2. The molecule has 1 rings (SSSR count). The topological polar surface area (TPSA) is 92.7 Å². The zero-order valence-electron chi connectivity index (χ0n) is 13.5. The van der Waals surface area contributed by atoms with Crippen LogP contribution in [-0.4, -0.2) is 36.1 Å². The van der Waals surface area contributed by atoms with Crippen molar-refractivity contribution in [3.05, 3.63) is 35.4 Å². The Morgan fingerprint density at radius 2 is 1.87 bits per heavy atom. The van der Waals surface area contributed by atoms with Gasteiger partial charge in [-0.15, -0.1) is 0 Å². The van der Waals surface area contributed by atoms with Gasteiger partial charge in [-0.3, -0.25) is 4.79 Å².